The Hall–Kier alpha value is -1.15. The zero-order valence-electron chi connectivity index (χ0n) is 11.3. The number of ether oxygens (including phenoxy) is 1. The topological polar surface area (TPSA) is 101 Å². The van der Waals surface area contributed by atoms with Gasteiger partial charge in [-0.25, -0.2) is 8.42 Å². The summed E-state index contributed by atoms with van der Waals surface area (Å²) in [7, 11) is -3.13. The molecule has 0 saturated carbocycles. The number of carbonyl (C=O) groups is 2. The first kappa shape index (κ1) is 15.2. The highest BCUT2D eigenvalue weighted by atomic mass is 32.2. The molecule has 0 aromatic rings. The fourth-order valence-electron chi connectivity index (χ4n) is 2.86. The van der Waals surface area contributed by atoms with Crippen LogP contribution in [0.25, 0.3) is 0 Å². The Kier molecular flexibility index (Phi) is 4.33. The second-order valence-corrected chi connectivity index (χ2v) is 7.50. The third-order valence-corrected chi connectivity index (χ3v) is 5.74. The fourth-order valence-corrected chi connectivity index (χ4v) is 4.60. The Morgan fingerprint density at radius 3 is 2.55 bits per heavy atom. The first-order chi connectivity index (χ1) is 9.35. The van der Waals surface area contributed by atoms with E-state index >= 15 is 0 Å². The number of carbonyl (C=O) groups excluding carboxylic acids is 1. The van der Waals surface area contributed by atoms with Crippen LogP contribution < -0.4 is 0 Å². The average molecular weight is 305 g/mol. The number of hydrogen-bond acceptors (Lipinski definition) is 5. The Balaban J connectivity index is 2.12. The van der Waals surface area contributed by atoms with Crippen molar-refractivity contribution in [1.29, 1.82) is 0 Å². The molecular formula is C12H19NO6S. The van der Waals surface area contributed by atoms with Gasteiger partial charge in [0.2, 0.25) is 5.91 Å². The predicted molar refractivity (Wildman–Crippen MR) is 69.9 cm³/mol. The SMILES string of the molecule is CCN(C(=O)C1CCS(=O)(=O)C1)C1COCC1C(=O)O. The summed E-state index contributed by atoms with van der Waals surface area (Å²) >= 11 is 0. The van der Waals surface area contributed by atoms with Crippen molar-refractivity contribution in [2.24, 2.45) is 11.8 Å². The highest BCUT2D eigenvalue weighted by Crippen LogP contribution is 2.26. The molecule has 20 heavy (non-hydrogen) atoms. The average Bonchev–Trinajstić information content (AvgIpc) is 2.96. The molecular weight excluding hydrogens is 286 g/mol. The normalized spacial score (nSPS) is 32.1. The predicted octanol–water partition coefficient (Wildman–Crippen LogP) is -0.631. The smallest absolute Gasteiger partial charge is 0.311 e. The Bertz CT molecular complexity index is 502. The maximum absolute atomic E-state index is 12.4. The molecule has 0 bridgehead atoms. The van der Waals surface area contributed by atoms with E-state index in [0.29, 0.717) is 13.0 Å². The standard InChI is InChI=1S/C12H19NO6S/c1-2-13(10-6-19-5-9(10)12(15)16)11(14)8-3-4-20(17,18)7-8/h8-10H,2-7H2,1H3,(H,15,16). The van der Waals surface area contributed by atoms with Crippen LogP contribution in [0.5, 0.6) is 0 Å². The third kappa shape index (κ3) is 2.95. The number of carboxylic acids is 1. The van der Waals surface area contributed by atoms with Crippen molar-refractivity contribution in [3.05, 3.63) is 0 Å². The van der Waals surface area contributed by atoms with E-state index in [1.165, 1.54) is 4.90 Å². The number of nitrogens with zero attached hydrogens (tertiary/aromatic N) is 1. The van der Waals surface area contributed by atoms with Crippen LogP contribution in [0.15, 0.2) is 0 Å². The molecule has 2 rings (SSSR count). The summed E-state index contributed by atoms with van der Waals surface area (Å²) in [5.41, 5.74) is 0. The lowest BCUT2D eigenvalue weighted by molar-refractivity contribution is -0.145. The summed E-state index contributed by atoms with van der Waals surface area (Å²) in [6.07, 6.45) is 0.322. The number of sulfone groups is 1. The van der Waals surface area contributed by atoms with Gasteiger partial charge >= 0.3 is 5.97 Å². The van der Waals surface area contributed by atoms with Crippen LogP contribution in [0.4, 0.5) is 0 Å². The number of amides is 1. The first-order valence-corrected chi connectivity index (χ1v) is 8.49. The molecule has 0 aliphatic carbocycles. The van der Waals surface area contributed by atoms with E-state index in [0.717, 1.165) is 0 Å². The maximum Gasteiger partial charge on any atom is 0.311 e. The first-order valence-electron chi connectivity index (χ1n) is 6.67. The van der Waals surface area contributed by atoms with Gasteiger partial charge in [-0.15, -0.1) is 0 Å². The zero-order chi connectivity index (χ0) is 14.9. The molecule has 3 atom stereocenters. The van der Waals surface area contributed by atoms with Crippen LogP contribution in [0.1, 0.15) is 13.3 Å². The molecule has 0 radical (unpaired) electrons. The molecule has 2 fully saturated rings. The number of rotatable bonds is 4. The lowest BCUT2D eigenvalue weighted by Crippen LogP contribution is -2.48. The molecule has 1 amide bonds. The summed E-state index contributed by atoms with van der Waals surface area (Å²) in [6, 6.07) is -0.506. The molecule has 114 valence electrons. The molecule has 2 aliphatic heterocycles. The number of hydrogen-bond donors (Lipinski definition) is 1. The highest BCUT2D eigenvalue weighted by Gasteiger charge is 2.43. The van der Waals surface area contributed by atoms with Crippen molar-refractivity contribution in [3.63, 3.8) is 0 Å². The van der Waals surface area contributed by atoms with Gasteiger partial charge in [0.15, 0.2) is 9.84 Å². The molecule has 2 aliphatic rings. The molecule has 1 N–H and O–H groups in total. The van der Waals surface area contributed by atoms with Crippen molar-refractivity contribution in [2.45, 2.75) is 19.4 Å². The van der Waals surface area contributed by atoms with Crippen LogP contribution in [-0.2, 0) is 24.2 Å². The van der Waals surface area contributed by atoms with Crippen LogP contribution in [0.2, 0.25) is 0 Å². The zero-order valence-corrected chi connectivity index (χ0v) is 12.1. The molecule has 2 saturated heterocycles. The molecule has 3 unspecified atom stereocenters. The molecule has 2 heterocycles. The van der Waals surface area contributed by atoms with Gasteiger partial charge in [-0.05, 0) is 13.3 Å². The van der Waals surface area contributed by atoms with E-state index in [9.17, 15) is 18.0 Å². The van der Waals surface area contributed by atoms with Gasteiger partial charge in [0, 0.05) is 6.54 Å². The minimum atomic E-state index is -3.13. The quantitative estimate of drug-likeness (QED) is 0.742. The summed E-state index contributed by atoms with van der Waals surface area (Å²) in [5.74, 6) is -2.64. The van der Waals surface area contributed by atoms with Crippen molar-refractivity contribution in [3.8, 4) is 0 Å². The van der Waals surface area contributed by atoms with Crippen molar-refractivity contribution in [2.75, 3.05) is 31.3 Å². The second-order valence-electron chi connectivity index (χ2n) is 5.27. The van der Waals surface area contributed by atoms with E-state index in [1.54, 1.807) is 6.92 Å². The minimum absolute atomic E-state index is 0.0322. The monoisotopic (exact) mass is 305 g/mol. The maximum atomic E-state index is 12.4. The highest BCUT2D eigenvalue weighted by molar-refractivity contribution is 7.91. The third-order valence-electron chi connectivity index (χ3n) is 3.97. The van der Waals surface area contributed by atoms with Crippen molar-refractivity contribution >= 4 is 21.7 Å². The van der Waals surface area contributed by atoms with Crippen molar-refractivity contribution < 1.29 is 27.9 Å². The summed E-state index contributed by atoms with van der Waals surface area (Å²) in [4.78, 5) is 25.1. The van der Waals surface area contributed by atoms with Gasteiger partial charge in [-0.3, -0.25) is 9.59 Å². The van der Waals surface area contributed by atoms with Crippen LogP contribution in [0, 0.1) is 11.8 Å². The lowest BCUT2D eigenvalue weighted by Gasteiger charge is -2.31. The van der Waals surface area contributed by atoms with E-state index in [1.807, 2.05) is 0 Å². The second kappa shape index (κ2) is 5.69. The number of aliphatic carboxylic acids is 1. The molecule has 0 aromatic carbocycles. The fraction of sp³-hybridized carbons (Fsp3) is 0.833. The molecule has 0 aromatic heterocycles. The van der Waals surface area contributed by atoms with Gasteiger partial charge in [0.25, 0.3) is 0 Å². The summed E-state index contributed by atoms with van der Waals surface area (Å²) < 4.78 is 28.1. The van der Waals surface area contributed by atoms with E-state index in [4.69, 9.17) is 9.84 Å². The number of carboxylic acid groups (broad SMARTS) is 1. The van der Waals surface area contributed by atoms with E-state index < -0.39 is 33.7 Å². The van der Waals surface area contributed by atoms with Gasteiger partial charge in [-0.1, -0.05) is 0 Å². The van der Waals surface area contributed by atoms with Crippen LogP contribution in [0.3, 0.4) is 0 Å². The van der Waals surface area contributed by atoms with Crippen LogP contribution >= 0.6 is 0 Å². The Morgan fingerprint density at radius 1 is 1.35 bits per heavy atom. The van der Waals surface area contributed by atoms with Crippen molar-refractivity contribution in [1.82, 2.24) is 4.90 Å². The van der Waals surface area contributed by atoms with Gasteiger partial charge in [0.1, 0.15) is 5.92 Å². The largest absolute Gasteiger partial charge is 0.481 e. The van der Waals surface area contributed by atoms with Gasteiger partial charge < -0.3 is 14.7 Å². The summed E-state index contributed by atoms with van der Waals surface area (Å²) in [6.45, 7) is 2.40. The van der Waals surface area contributed by atoms with E-state index in [-0.39, 0.29) is 30.6 Å². The number of likely N-dealkylation sites (N-methyl/N-ethyl adjacent to an activating group) is 1. The van der Waals surface area contributed by atoms with E-state index in [2.05, 4.69) is 0 Å². The summed E-state index contributed by atoms with van der Waals surface area (Å²) in [5, 5.41) is 9.14. The molecule has 8 heteroatoms. The Morgan fingerprint density at radius 2 is 2.05 bits per heavy atom. The lowest BCUT2D eigenvalue weighted by atomic mass is 9.99. The van der Waals surface area contributed by atoms with Gasteiger partial charge in [0.05, 0.1) is 36.7 Å². The van der Waals surface area contributed by atoms with Gasteiger partial charge in [-0.2, -0.15) is 0 Å². The van der Waals surface area contributed by atoms with Crippen LogP contribution in [-0.4, -0.2) is 67.6 Å². The molecule has 7 nitrogen and oxygen atoms in total. The Labute approximate surface area is 117 Å². The minimum Gasteiger partial charge on any atom is -0.481 e. The molecule has 0 spiro atoms.